The third-order valence-corrected chi connectivity index (χ3v) is 3.52. The monoisotopic (exact) mass is 456 g/mol. The Labute approximate surface area is 190 Å². The summed E-state index contributed by atoms with van der Waals surface area (Å²) in [4.78, 5) is 0. The highest BCUT2D eigenvalue weighted by atomic mass is 19.4. The van der Waals surface area contributed by atoms with Crippen LogP contribution in [0.3, 0.4) is 0 Å². The van der Waals surface area contributed by atoms with Crippen molar-refractivity contribution in [1.29, 1.82) is 0 Å². The molecule has 9 heteroatoms. The second kappa shape index (κ2) is 17.9. The average molecular weight is 457 g/mol. The minimum absolute atomic E-state index is 0.180. The van der Waals surface area contributed by atoms with Gasteiger partial charge in [0.2, 0.25) is 0 Å². The van der Waals surface area contributed by atoms with Gasteiger partial charge >= 0.3 is 6.18 Å². The zero-order valence-corrected chi connectivity index (χ0v) is 20.0. The summed E-state index contributed by atoms with van der Waals surface area (Å²) in [5.74, 6) is 5.92. The molecule has 6 nitrogen and oxygen atoms in total. The van der Waals surface area contributed by atoms with E-state index in [1.165, 1.54) is 17.3 Å². The predicted octanol–water partition coefficient (Wildman–Crippen LogP) is 5.67. The second-order valence-corrected chi connectivity index (χ2v) is 5.54. The highest BCUT2D eigenvalue weighted by Gasteiger charge is 2.29. The molecular weight excluding hydrogens is 417 g/mol. The van der Waals surface area contributed by atoms with Gasteiger partial charge in [0.1, 0.15) is 0 Å². The molecule has 2 aromatic rings. The Kier molecular flexibility index (Phi) is 17.5. The summed E-state index contributed by atoms with van der Waals surface area (Å²) in [5.41, 5.74) is 12.4. The summed E-state index contributed by atoms with van der Waals surface area (Å²) in [7, 11) is 0. The summed E-state index contributed by atoms with van der Waals surface area (Å²) in [5, 5.41) is 8.34. The minimum Gasteiger partial charge on any atom is -0.382 e. The fourth-order valence-electron chi connectivity index (χ4n) is 2.21. The number of hydrogen-bond acceptors (Lipinski definition) is 5. The molecule has 7 N–H and O–H groups in total. The zero-order chi connectivity index (χ0) is 25.2. The molecule has 0 amide bonds. The number of alkyl halides is 3. The number of hydrazine groups is 1. The number of halogens is 3. The Balaban J connectivity index is 0. The molecule has 0 bridgehead atoms. The highest BCUT2D eigenvalue weighted by Crippen LogP contribution is 2.30. The quantitative estimate of drug-likeness (QED) is 0.186. The van der Waals surface area contributed by atoms with Crippen LogP contribution in [0.25, 0.3) is 0 Å². The summed E-state index contributed by atoms with van der Waals surface area (Å²) in [6, 6.07) is 11.8. The highest BCUT2D eigenvalue weighted by molar-refractivity contribution is 6.02. The van der Waals surface area contributed by atoms with Gasteiger partial charge in [0.25, 0.3) is 0 Å². The molecule has 0 fully saturated rings. The van der Waals surface area contributed by atoms with Gasteiger partial charge in [0.05, 0.1) is 12.1 Å². The van der Waals surface area contributed by atoms with Crippen LogP contribution in [-0.4, -0.2) is 24.0 Å². The van der Waals surface area contributed by atoms with Gasteiger partial charge < -0.3 is 16.8 Å². The van der Waals surface area contributed by atoms with Gasteiger partial charge in [-0.1, -0.05) is 53.7 Å². The number of amidine groups is 1. The first-order chi connectivity index (χ1) is 15.3. The Morgan fingerprint density at radius 1 is 0.938 bits per heavy atom. The van der Waals surface area contributed by atoms with E-state index in [0.29, 0.717) is 36.4 Å². The number of nitrogens with zero attached hydrogens (tertiary/aromatic N) is 2. The van der Waals surface area contributed by atoms with Crippen LogP contribution in [0.2, 0.25) is 0 Å². The zero-order valence-electron chi connectivity index (χ0n) is 20.0. The fraction of sp³-hybridized carbons (Fsp3) is 0.435. The number of hydrogen-bond donors (Lipinski definition) is 4. The topological polar surface area (TPSA) is 106 Å². The third-order valence-electron chi connectivity index (χ3n) is 3.52. The minimum atomic E-state index is -4.37. The van der Waals surface area contributed by atoms with E-state index in [0.717, 1.165) is 12.1 Å². The Morgan fingerprint density at radius 2 is 1.47 bits per heavy atom. The van der Waals surface area contributed by atoms with E-state index in [1.54, 1.807) is 24.3 Å². The van der Waals surface area contributed by atoms with Crippen molar-refractivity contribution in [3.8, 4) is 0 Å². The lowest BCUT2D eigenvalue weighted by Gasteiger charge is -2.16. The third kappa shape index (κ3) is 11.6. The Bertz CT molecular complexity index is 746. The van der Waals surface area contributed by atoms with Crippen LogP contribution in [0, 0.1) is 0 Å². The van der Waals surface area contributed by atoms with Crippen molar-refractivity contribution in [2.45, 2.75) is 54.1 Å². The predicted molar refractivity (Wildman–Crippen MR) is 131 cm³/mol. The smallest absolute Gasteiger partial charge is 0.382 e. The van der Waals surface area contributed by atoms with Crippen molar-refractivity contribution in [2.75, 3.05) is 18.4 Å². The second-order valence-electron chi connectivity index (χ2n) is 5.54. The molecule has 0 saturated heterocycles. The van der Waals surface area contributed by atoms with E-state index in [4.69, 9.17) is 17.3 Å². The Morgan fingerprint density at radius 3 is 1.97 bits per heavy atom. The molecule has 2 aromatic carbocycles. The van der Waals surface area contributed by atoms with E-state index in [-0.39, 0.29) is 5.84 Å². The van der Waals surface area contributed by atoms with Crippen LogP contribution >= 0.6 is 0 Å². The molecule has 0 aliphatic heterocycles. The molecule has 0 unspecified atom stereocenters. The van der Waals surface area contributed by atoms with Crippen LogP contribution in [-0.2, 0) is 6.18 Å². The standard InChI is InChI=1S/C17H21F3N6.3C2H6/c18-17(19,20)12-6-8-13(9-7-12)24-15-5-2-1-4-14(15)16(22)25-26(23)11-3-10-21;3*1-2/h1-2,4-9,24H,3,10-11,21,23H2,(H2,22,25);3*1-2H3. The van der Waals surface area contributed by atoms with Crippen LogP contribution < -0.4 is 22.6 Å². The summed E-state index contributed by atoms with van der Waals surface area (Å²) < 4.78 is 37.9. The van der Waals surface area contributed by atoms with E-state index in [9.17, 15) is 13.2 Å². The molecule has 0 heterocycles. The number of hydrazone groups is 1. The maximum atomic E-state index is 12.6. The lowest BCUT2D eigenvalue weighted by molar-refractivity contribution is -0.137. The molecule has 0 saturated carbocycles. The van der Waals surface area contributed by atoms with Gasteiger partial charge in [-0.05, 0) is 49.4 Å². The van der Waals surface area contributed by atoms with E-state index < -0.39 is 11.7 Å². The van der Waals surface area contributed by atoms with Crippen LogP contribution in [0.15, 0.2) is 53.6 Å². The lowest BCUT2D eigenvalue weighted by Crippen LogP contribution is -2.31. The van der Waals surface area contributed by atoms with Gasteiger partial charge in [-0.25, -0.2) is 11.0 Å². The first-order valence-electron chi connectivity index (χ1n) is 10.9. The van der Waals surface area contributed by atoms with E-state index in [2.05, 4.69) is 10.4 Å². The number of nitrogens with two attached hydrogens (primary N) is 3. The van der Waals surface area contributed by atoms with Crippen molar-refractivity contribution < 1.29 is 13.2 Å². The van der Waals surface area contributed by atoms with Crippen molar-refractivity contribution in [3.05, 3.63) is 59.7 Å². The van der Waals surface area contributed by atoms with Gasteiger partial charge in [0.15, 0.2) is 5.84 Å². The summed E-state index contributed by atoms with van der Waals surface area (Å²) >= 11 is 0. The Hall–Kier alpha value is -2.78. The lowest BCUT2D eigenvalue weighted by atomic mass is 10.1. The molecule has 0 radical (unpaired) electrons. The van der Waals surface area contributed by atoms with Gasteiger partial charge in [-0.2, -0.15) is 13.2 Å². The molecule has 0 atom stereocenters. The van der Waals surface area contributed by atoms with E-state index in [1.807, 2.05) is 41.5 Å². The largest absolute Gasteiger partial charge is 0.416 e. The van der Waals surface area contributed by atoms with Crippen LogP contribution in [0.4, 0.5) is 24.5 Å². The first-order valence-corrected chi connectivity index (χ1v) is 10.9. The maximum absolute atomic E-state index is 12.6. The number of anilines is 2. The van der Waals surface area contributed by atoms with Gasteiger partial charge in [-0.3, -0.25) is 0 Å². The van der Waals surface area contributed by atoms with Crippen molar-refractivity contribution in [2.24, 2.45) is 22.4 Å². The molecular formula is C23H39F3N6. The van der Waals surface area contributed by atoms with Crippen LogP contribution in [0.5, 0.6) is 0 Å². The number of benzene rings is 2. The van der Waals surface area contributed by atoms with Crippen molar-refractivity contribution in [1.82, 2.24) is 5.12 Å². The van der Waals surface area contributed by atoms with Gasteiger partial charge in [-0.15, -0.1) is 5.10 Å². The number of rotatable bonds is 7. The molecule has 0 spiro atoms. The molecule has 0 aromatic heterocycles. The molecule has 182 valence electrons. The maximum Gasteiger partial charge on any atom is 0.416 e. The first kappa shape index (κ1) is 31.4. The molecule has 2 rings (SSSR count). The summed E-state index contributed by atoms with van der Waals surface area (Å²) in [6.07, 6.45) is -3.71. The molecule has 32 heavy (non-hydrogen) atoms. The van der Waals surface area contributed by atoms with Crippen LogP contribution in [0.1, 0.15) is 59.1 Å². The van der Waals surface area contributed by atoms with Crippen molar-refractivity contribution >= 4 is 17.2 Å². The SMILES string of the molecule is CC.CC.CC.NCCCN(N)/N=C(\N)c1ccccc1Nc1ccc(C(F)(F)F)cc1. The summed E-state index contributed by atoms with van der Waals surface area (Å²) in [6.45, 7) is 12.9. The molecule has 0 aliphatic carbocycles. The number of nitrogens with one attached hydrogen (secondary N) is 1. The average Bonchev–Trinajstić information content (AvgIpc) is 2.81. The number of para-hydroxylation sites is 1. The fourth-order valence-corrected chi connectivity index (χ4v) is 2.21. The molecule has 0 aliphatic rings. The normalized spacial score (nSPS) is 10.4. The van der Waals surface area contributed by atoms with Gasteiger partial charge in [0, 0.05) is 16.9 Å². The van der Waals surface area contributed by atoms with E-state index >= 15 is 0 Å². The van der Waals surface area contributed by atoms with Crippen molar-refractivity contribution in [3.63, 3.8) is 0 Å².